The van der Waals surface area contributed by atoms with E-state index in [2.05, 4.69) is 12.2 Å². The summed E-state index contributed by atoms with van der Waals surface area (Å²) < 4.78 is 10.9. The molecule has 1 aliphatic heterocycles. The van der Waals surface area contributed by atoms with E-state index in [0.29, 0.717) is 6.61 Å². The highest BCUT2D eigenvalue weighted by Gasteiger charge is 2.41. The third-order valence-corrected chi connectivity index (χ3v) is 5.09. The van der Waals surface area contributed by atoms with Crippen molar-refractivity contribution in [3.05, 3.63) is 33.8 Å². The van der Waals surface area contributed by atoms with Gasteiger partial charge in [-0.15, -0.1) is 0 Å². The molecule has 0 aromatic heterocycles. The van der Waals surface area contributed by atoms with E-state index in [-0.39, 0.29) is 11.5 Å². The van der Waals surface area contributed by atoms with Gasteiger partial charge in [0, 0.05) is 42.3 Å². The molecule has 118 valence electrons. The van der Waals surface area contributed by atoms with Crippen molar-refractivity contribution < 1.29 is 9.47 Å². The molecule has 0 bridgehead atoms. The van der Waals surface area contributed by atoms with E-state index >= 15 is 0 Å². The lowest BCUT2D eigenvalue weighted by Crippen LogP contribution is -2.42. The number of nitrogens with one attached hydrogen (secondary N) is 1. The highest BCUT2D eigenvalue weighted by molar-refractivity contribution is 6.36. The van der Waals surface area contributed by atoms with Gasteiger partial charge in [0.15, 0.2) is 0 Å². The van der Waals surface area contributed by atoms with Crippen LogP contribution in [-0.2, 0) is 15.9 Å². The zero-order chi connectivity index (χ0) is 15.3. The average Bonchev–Trinajstić information content (AvgIpc) is 2.81. The molecule has 2 atom stereocenters. The van der Waals surface area contributed by atoms with Gasteiger partial charge in [-0.1, -0.05) is 29.3 Å². The Kier molecular flexibility index (Phi) is 6.33. The van der Waals surface area contributed by atoms with E-state index in [9.17, 15) is 0 Å². The molecule has 0 amide bonds. The fourth-order valence-electron chi connectivity index (χ4n) is 2.91. The second kappa shape index (κ2) is 7.80. The first-order chi connectivity index (χ1) is 10.1. The van der Waals surface area contributed by atoms with Gasteiger partial charge in [0.05, 0.1) is 12.7 Å². The predicted octanol–water partition coefficient (Wildman–Crippen LogP) is 3.57. The summed E-state index contributed by atoms with van der Waals surface area (Å²) in [5.74, 6) is 0. The first-order valence-corrected chi connectivity index (χ1v) is 8.09. The molecule has 1 saturated heterocycles. The quantitative estimate of drug-likeness (QED) is 0.775. The normalized spacial score (nSPS) is 25.4. The highest BCUT2D eigenvalue weighted by atomic mass is 35.5. The van der Waals surface area contributed by atoms with Crippen molar-refractivity contribution in [2.75, 3.05) is 33.4 Å². The first kappa shape index (κ1) is 17.0. The minimum absolute atomic E-state index is 0.0301. The van der Waals surface area contributed by atoms with E-state index in [4.69, 9.17) is 32.7 Å². The molecule has 1 heterocycles. The SMILES string of the molecule is COCCNCC1(Cc2c(Cl)cccc2Cl)CCOC1C. The fourth-order valence-corrected chi connectivity index (χ4v) is 3.44. The van der Waals surface area contributed by atoms with Crippen LogP contribution in [0.15, 0.2) is 18.2 Å². The lowest BCUT2D eigenvalue weighted by atomic mass is 9.76. The molecular formula is C16H23Cl2NO2. The number of methoxy groups -OCH3 is 1. The predicted molar refractivity (Wildman–Crippen MR) is 87.4 cm³/mol. The van der Waals surface area contributed by atoms with Gasteiger partial charge in [0.1, 0.15) is 0 Å². The van der Waals surface area contributed by atoms with Crippen LogP contribution < -0.4 is 5.32 Å². The first-order valence-electron chi connectivity index (χ1n) is 7.33. The third-order valence-electron chi connectivity index (χ3n) is 4.38. The average molecular weight is 332 g/mol. The third kappa shape index (κ3) is 4.11. The van der Waals surface area contributed by atoms with Crippen molar-refractivity contribution in [1.29, 1.82) is 0 Å². The Hall–Kier alpha value is -0.320. The number of hydrogen-bond donors (Lipinski definition) is 1. The molecule has 0 spiro atoms. The Morgan fingerprint density at radius 3 is 2.67 bits per heavy atom. The molecule has 0 saturated carbocycles. The van der Waals surface area contributed by atoms with Gasteiger partial charge >= 0.3 is 0 Å². The molecule has 5 heteroatoms. The van der Waals surface area contributed by atoms with Crippen LogP contribution in [0.1, 0.15) is 18.9 Å². The van der Waals surface area contributed by atoms with Crippen LogP contribution >= 0.6 is 23.2 Å². The fraction of sp³-hybridized carbons (Fsp3) is 0.625. The van der Waals surface area contributed by atoms with Crippen LogP contribution in [0.3, 0.4) is 0 Å². The van der Waals surface area contributed by atoms with Crippen LogP contribution in [0.4, 0.5) is 0 Å². The molecule has 1 aliphatic rings. The number of ether oxygens (including phenoxy) is 2. The molecule has 2 rings (SSSR count). The van der Waals surface area contributed by atoms with Gasteiger partial charge in [-0.2, -0.15) is 0 Å². The molecule has 2 unspecified atom stereocenters. The lowest BCUT2D eigenvalue weighted by molar-refractivity contribution is 0.0620. The number of rotatable bonds is 7. The standard InChI is InChI=1S/C16H23Cl2NO2/c1-12-16(6-8-21-12,11-19-7-9-20-2)10-13-14(17)4-3-5-15(13)18/h3-5,12,19H,6-11H2,1-2H3. The van der Waals surface area contributed by atoms with Crippen molar-refractivity contribution in [2.24, 2.45) is 5.41 Å². The second-order valence-corrected chi connectivity index (χ2v) is 6.49. The number of halogens is 2. The second-order valence-electron chi connectivity index (χ2n) is 5.67. The minimum Gasteiger partial charge on any atom is -0.383 e. The van der Waals surface area contributed by atoms with Crippen molar-refractivity contribution in [3.63, 3.8) is 0 Å². The summed E-state index contributed by atoms with van der Waals surface area (Å²) in [6.07, 6.45) is 2.02. The van der Waals surface area contributed by atoms with Gasteiger partial charge < -0.3 is 14.8 Å². The summed E-state index contributed by atoms with van der Waals surface area (Å²) >= 11 is 12.7. The Morgan fingerprint density at radius 2 is 2.10 bits per heavy atom. The zero-order valence-electron chi connectivity index (χ0n) is 12.6. The van der Waals surface area contributed by atoms with E-state index in [1.807, 2.05) is 18.2 Å². The number of hydrogen-bond acceptors (Lipinski definition) is 3. The van der Waals surface area contributed by atoms with Crippen LogP contribution in [0.2, 0.25) is 10.0 Å². The highest BCUT2D eigenvalue weighted by Crippen LogP contribution is 2.40. The van der Waals surface area contributed by atoms with Gasteiger partial charge in [-0.3, -0.25) is 0 Å². The molecule has 21 heavy (non-hydrogen) atoms. The van der Waals surface area contributed by atoms with Crippen LogP contribution in [-0.4, -0.2) is 39.5 Å². The van der Waals surface area contributed by atoms with E-state index < -0.39 is 0 Å². The summed E-state index contributed by atoms with van der Waals surface area (Å²) in [4.78, 5) is 0. The summed E-state index contributed by atoms with van der Waals surface area (Å²) in [5.41, 5.74) is 1.05. The van der Waals surface area contributed by atoms with Crippen molar-refractivity contribution in [1.82, 2.24) is 5.32 Å². The molecule has 3 nitrogen and oxygen atoms in total. The largest absolute Gasteiger partial charge is 0.383 e. The molecule has 1 aromatic rings. The van der Waals surface area contributed by atoms with Crippen molar-refractivity contribution in [3.8, 4) is 0 Å². The maximum absolute atomic E-state index is 6.34. The molecule has 1 aromatic carbocycles. The monoisotopic (exact) mass is 331 g/mol. The van der Waals surface area contributed by atoms with Crippen molar-refractivity contribution in [2.45, 2.75) is 25.9 Å². The smallest absolute Gasteiger partial charge is 0.0619 e. The molecule has 0 aliphatic carbocycles. The van der Waals surface area contributed by atoms with Gasteiger partial charge in [-0.05, 0) is 37.5 Å². The van der Waals surface area contributed by atoms with E-state index in [0.717, 1.165) is 48.1 Å². The van der Waals surface area contributed by atoms with Crippen LogP contribution in [0, 0.1) is 5.41 Å². The maximum atomic E-state index is 6.34. The maximum Gasteiger partial charge on any atom is 0.0619 e. The summed E-state index contributed by atoms with van der Waals surface area (Å²) in [7, 11) is 1.71. The van der Waals surface area contributed by atoms with Gasteiger partial charge in [0.2, 0.25) is 0 Å². The van der Waals surface area contributed by atoms with E-state index in [1.165, 1.54) is 0 Å². The topological polar surface area (TPSA) is 30.5 Å². The van der Waals surface area contributed by atoms with Gasteiger partial charge in [-0.25, -0.2) is 0 Å². The molecule has 1 N–H and O–H groups in total. The molecule has 0 radical (unpaired) electrons. The summed E-state index contributed by atoms with van der Waals surface area (Å²) in [6, 6.07) is 5.68. The van der Waals surface area contributed by atoms with E-state index in [1.54, 1.807) is 7.11 Å². The van der Waals surface area contributed by atoms with Crippen LogP contribution in [0.5, 0.6) is 0 Å². The van der Waals surface area contributed by atoms with Crippen molar-refractivity contribution >= 4 is 23.2 Å². The summed E-state index contributed by atoms with van der Waals surface area (Å²) in [5, 5.41) is 4.94. The Morgan fingerprint density at radius 1 is 1.38 bits per heavy atom. The zero-order valence-corrected chi connectivity index (χ0v) is 14.1. The minimum atomic E-state index is 0.0301. The Labute approximate surface area is 136 Å². The molecule has 1 fully saturated rings. The lowest BCUT2D eigenvalue weighted by Gasteiger charge is -2.33. The molecular weight excluding hydrogens is 309 g/mol. The van der Waals surface area contributed by atoms with Crippen LogP contribution in [0.25, 0.3) is 0 Å². The Balaban J connectivity index is 2.13. The Bertz CT molecular complexity index is 449. The summed E-state index contributed by atoms with van der Waals surface area (Å²) in [6.45, 7) is 5.34. The van der Waals surface area contributed by atoms with Gasteiger partial charge in [0.25, 0.3) is 0 Å². The number of benzene rings is 1.